The Morgan fingerprint density at radius 2 is 0.714 bits per heavy atom. The number of hydrogen-bond donors (Lipinski definition) is 0. The molecular formula is C53H37N3. The van der Waals surface area contributed by atoms with Crippen LogP contribution in [0.3, 0.4) is 0 Å². The van der Waals surface area contributed by atoms with Crippen LogP contribution in [0.4, 0.5) is 17.1 Å². The summed E-state index contributed by atoms with van der Waals surface area (Å²) in [5, 5.41) is 0. The molecule has 56 heavy (non-hydrogen) atoms. The van der Waals surface area contributed by atoms with Gasteiger partial charge in [-0.1, -0.05) is 164 Å². The largest absolute Gasteiger partial charge is 0.310 e. The van der Waals surface area contributed by atoms with E-state index in [0.29, 0.717) is 5.82 Å². The van der Waals surface area contributed by atoms with Crippen molar-refractivity contribution < 1.29 is 0 Å². The van der Waals surface area contributed by atoms with Crippen molar-refractivity contribution in [1.29, 1.82) is 0 Å². The zero-order valence-electron chi connectivity index (χ0n) is 30.8. The van der Waals surface area contributed by atoms with Gasteiger partial charge in [0.05, 0.1) is 11.4 Å². The molecule has 0 bridgehead atoms. The molecule has 0 amide bonds. The molecule has 0 radical (unpaired) electrons. The molecule has 0 aliphatic heterocycles. The third-order valence-electron chi connectivity index (χ3n) is 10.7. The number of benzene rings is 8. The third kappa shape index (κ3) is 6.46. The van der Waals surface area contributed by atoms with Gasteiger partial charge < -0.3 is 4.90 Å². The highest BCUT2D eigenvalue weighted by Gasteiger charge is 2.22. The van der Waals surface area contributed by atoms with Crippen LogP contribution in [0.25, 0.3) is 67.3 Å². The first-order valence-corrected chi connectivity index (χ1v) is 19.1. The van der Waals surface area contributed by atoms with Crippen LogP contribution in [0.2, 0.25) is 0 Å². The van der Waals surface area contributed by atoms with Crippen molar-refractivity contribution in [2.45, 2.75) is 6.42 Å². The summed E-state index contributed by atoms with van der Waals surface area (Å²) in [4.78, 5) is 12.6. The predicted molar refractivity (Wildman–Crippen MR) is 232 cm³/mol. The van der Waals surface area contributed by atoms with Gasteiger partial charge in [0.1, 0.15) is 0 Å². The maximum atomic E-state index is 5.19. The lowest BCUT2D eigenvalue weighted by molar-refractivity contribution is 1.18. The van der Waals surface area contributed by atoms with E-state index in [2.05, 4.69) is 205 Å². The van der Waals surface area contributed by atoms with E-state index in [1.807, 2.05) is 12.1 Å². The Kier molecular flexibility index (Phi) is 8.58. The molecule has 0 saturated heterocycles. The van der Waals surface area contributed by atoms with Gasteiger partial charge in [-0.05, 0) is 99.5 Å². The highest BCUT2D eigenvalue weighted by Crippen LogP contribution is 2.43. The predicted octanol–water partition coefficient (Wildman–Crippen LogP) is 13.9. The first-order valence-electron chi connectivity index (χ1n) is 19.1. The molecule has 0 N–H and O–H groups in total. The number of aromatic nitrogens is 2. The van der Waals surface area contributed by atoms with Crippen LogP contribution in [-0.2, 0) is 6.42 Å². The monoisotopic (exact) mass is 715 g/mol. The fourth-order valence-corrected chi connectivity index (χ4v) is 7.88. The van der Waals surface area contributed by atoms with Gasteiger partial charge in [-0.15, -0.1) is 0 Å². The molecule has 1 aromatic heterocycles. The second kappa shape index (κ2) is 14.5. The molecule has 1 aliphatic carbocycles. The maximum Gasteiger partial charge on any atom is 0.160 e. The lowest BCUT2D eigenvalue weighted by Gasteiger charge is -2.26. The van der Waals surface area contributed by atoms with E-state index in [9.17, 15) is 0 Å². The van der Waals surface area contributed by atoms with Crippen molar-refractivity contribution in [1.82, 2.24) is 9.97 Å². The van der Waals surface area contributed by atoms with Crippen molar-refractivity contribution in [3.8, 4) is 67.3 Å². The van der Waals surface area contributed by atoms with Crippen LogP contribution in [-0.4, -0.2) is 9.97 Å². The summed E-state index contributed by atoms with van der Waals surface area (Å²) in [6, 6.07) is 75.3. The summed E-state index contributed by atoms with van der Waals surface area (Å²) < 4.78 is 0. The van der Waals surface area contributed by atoms with Crippen molar-refractivity contribution >= 4 is 17.1 Å². The van der Waals surface area contributed by atoms with Gasteiger partial charge in [0.25, 0.3) is 0 Å². The minimum Gasteiger partial charge on any atom is -0.310 e. The molecule has 0 fully saturated rings. The van der Waals surface area contributed by atoms with Crippen molar-refractivity contribution in [3.05, 3.63) is 223 Å². The summed E-state index contributed by atoms with van der Waals surface area (Å²) >= 11 is 0. The van der Waals surface area contributed by atoms with E-state index in [1.54, 1.807) is 0 Å². The zero-order valence-corrected chi connectivity index (χ0v) is 30.8. The molecule has 3 nitrogen and oxygen atoms in total. The summed E-state index contributed by atoms with van der Waals surface area (Å²) in [5.74, 6) is 0.715. The second-order valence-corrected chi connectivity index (χ2v) is 14.2. The van der Waals surface area contributed by atoms with E-state index in [-0.39, 0.29) is 0 Å². The fourth-order valence-electron chi connectivity index (χ4n) is 7.88. The third-order valence-corrected chi connectivity index (χ3v) is 10.7. The smallest absolute Gasteiger partial charge is 0.160 e. The topological polar surface area (TPSA) is 29.0 Å². The van der Waals surface area contributed by atoms with Gasteiger partial charge in [-0.3, -0.25) is 0 Å². The van der Waals surface area contributed by atoms with E-state index in [4.69, 9.17) is 9.97 Å². The van der Waals surface area contributed by atoms with Crippen LogP contribution < -0.4 is 4.90 Å². The Morgan fingerprint density at radius 3 is 1.32 bits per heavy atom. The molecular weight excluding hydrogens is 679 g/mol. The van der Waals surface area contributed by atoms with Crippen LogP contribution in [0.1, 0.15) is 11.1 Å². The quantitative estimate of drug-likeness (QED) is 0.157. The Morgan fingerprint density at radius 1 is 0.304 bits per heavy atom. The van der Waals surface area contributed by atoms with Crippen molar-refractivity contribution in [2.75, 3.05) is 4.90 Å². The number of para-hydroxylation sites is 1. The van der Waals surface area contributed by atoms with E-state index < -0.39 is 0 Å². The molecule has 0 unspecified atom stereocenters. The molecule has 10 rings (SSSR count). The van der Waals surface area contributed by atoms with Gasteiger partial charge in [0.15, 0.2) is 5.82 Å². The van der Waals surface area contributed by atoms with Crippen molar-refractivity contribution in [3.63, 3.8) is 0 Å². The lowest BCUT2D eigenvalue weighted by atomic mass is 10.00. The Balaban J connectivity index is 0.989. The molecule has 1 aliphatic rings. The molecule has 264 valence electrons. The van der Waals surface area contributed by atoms with Crippen LogP contribution in [0.15, 0.2) is 212 Å². The SMILES string of the molecule is c1ccc(-c2ccc(-c3nc(-c4ccccc4)cc(-c4ccc5c(c4)Cc4cc(N(c6ccccc6)c6ccc(-c7ccccc7)cc6)ccc4-5)n3)cc2)cc1. The number of fused-ring (bicyclic) bond motifs is 3. The highest BCUT2D eigenvalue weighted by molar-refractivity contribution is 5.85. The number of nitrogens with zero attached hydrogens (tertiary/aromatic N) is 3. The van der Waals surface area contributed by atoms with Gasteiger partial charge in [-0.25, -0.2) is 9.97 Å². The summed E-state index contributed by atoms with van der Waals surface area (Å²) in [7, 11) is 0. The number of anilines is 3. The summed E-state index contributed by atoms with van der Waals surface area (Å²) in [6.45, 7) is 0. The van der Waals surface area contributed by atoms with E-state index in [0.717, 1.165) is 51.6 Å². The average Bonchev–Trinajstić information content (AvgIpc) is 3.65. The minimum atomic E-state index is 0.715. The van der Waals surface area contributed by atoms with Crippen LogP contribution >= 0.6 is 0 Å². The number of hydrogen-bond acceptors (Lipinski definition) is 3. The molecule has 3 heteroatoms. The normalized spacial score (nSPS) is 11.5. The van der Waals surface area contributed by atoms with E-state index >= 15 is 0 Å². The van der Waals surface area contributed by atoms with Crippen molar-refractivity contribution in [2.24, 2.45) is 0 Å². The minimum absolute atomic E-state index is 0.715. The van der Waals surface area contributed by atoms with Gasteiger partial charge in [0, 0.05) is 33.8 Å². The molecule has 1 heterocycles. The standard InChI is InChI=1S/C53H37N3/c1-5-13-37(14-6-1)39-21-23-42(24-22-39)53-54-51(41-17-9-3-10-18-41)36-52(55-53)43-27-31-49-44(33-43)34-45-35-48(30-32-50(45)49)56(46-19-11-4-12-20-46)47-28-25-40(26-29-47)38-15-7-2-8-16-38/h1-33,35-36H,34H2. The lowest BCUT2D eigenvalue weighted by Crippen LogP contribution is -2.10. The molecule has 0 atom stereocenters. The maximum absolute atomic E-state index is 5.19. The summed E-state index contributed by atoms with van der Waals surface area (Å²) in [5.41, 5.74) is 18.3. The average molecular weight is 716 g/mol. The van der Waals surface area contributed by atoms with E-state index in [1.165, 1.54) is 44.5 Å². The van der Waals surface area contributed by atoms with Gasteiger partial charge in [0.2, 0.25) is 0 Å². The molecule has 8 aromatic carbocycles. The molecule has 0 saturated carbocycles. The Hall–Kier alpha value is -7.36. The Bertz CT molecular complexity index is 2780. The van der Waals surface area contributed by atoms with Gasteiger partial charge >= 0.3 is 0 Å². The Labute approximate surface area is 327 Å². The highest BCUT2D eigenvalue weighted by atomic mass is 15.1. The van der Waals surface area contributed by atoms with Crippen LogP contribution in [0, 0.1) is 0 Å². The first-order chi connectivity index (χ1) is 27.7. The summed E-state index contributed by atoms with van der Waals surface area (Å²) in [6.07, 6.45) is 0.854. The second-order valence-electron chi connectivity index (χ2n) is 14.2. The molecule has 9 aromatic rings. The fraction of sp³-hybridized carbons (Fsp3) is 0.0189. The van der Waals surface area contributed by atoms with Crippen LogP contribution in [0.5, 0.6) is 0 Å². The number of rotatable bonds is 8. The molecule has 0 spiro atoms. The van der Waals surface area contributed by atoms with Gasteiger partial charge in [-0.2, -0.15) is 0 Å². The first kappa shape index (κ1) is 33.2. The zero-order chi connectivity index (χ0) is 37.3.